The van der Waals surface area contributed by atoms with Gasteiger partial charge in [0.2, 0.25) is 0 Å². The van der Waals surface area contributed by atoms with Gasteiger partial charge in [-0.05, 0) is 6.92 Å². The number of hydrogen-bond donors (Lipinski definition) is 3. The van der Waals surface area contributed by atoms with Gasteiger partial charge in [-0.25, -0.2) is 4.79 Å². The maximum Gasteiger partial charge on any atom is 0.327 e. The van der Waals surface area contributed by atoms with E-state index in [2.05, 4.69) is 20.2 Å². The average molecular weight is 166 g/mol. The topological polar surface area (TPSA) is 94.4 Å². The van der Waals surface area contributed by atoms with Crippen molar-refractivity contribution in [3.8, 4) is 0 Å². The summed E-state index contributed by atoms with van der Waals surface area (Å²) in [5.41, 5.74) is -0.0252. The molecule has 62 valence electrons. The number of aromatic amines is 3. The first kappa shape index (κ1) is 6.84. The maximum atomic E-state index is 11.1. The lowest BCUT2D eigenvalue weighted by Gasteiger charge is -1.85. The van der Waals surface area contributed by atoms with E-state index >= 15 is 0 Å². The highest BCUT2D eigenvalue weighted by Crippen LogP contribution is 2.03. The molecule has 0 unspecified atom stereocenters. The Kier molecular flexibility index (Phi) is 1.18. The van der Waals surface area contributed by atoms with Crippen LogP contribution in [0.5, 0.6) is 0 Å². The largest absolute Gasteiger partial charge is 0.327 e. The molecule has 2 aromatic heterocycles. The van der Waals surface area contributed by atoms with Gasteiger partial charge < -0.3 is 0 Å². The zero-order chi connectivity index (χ0) is 8.72. The van der Waals surface area contributed by atoms with E-state index in [-0.39, 0.29) is 0 Å². The van der Waals surface area contributed by atoms with Crippen molar-refractivity contribution >= 4 is 11.0 Å². The molecule has 0 spiro atoms. The molecule has 6 nitrogen and oxygen atoms in total. The summed E-state index contributed by atoms with van der Waals surface area (Å²) in [7, 11) is 0. The number of nitrogens with zero attached hydrogens (tertiary/aromatic N) is 1. The average Bonchev–Trinajstić information content (AvgIpc) is 2.31. The zero-order valence-electron chi connectivity index (χ0n) is 6.26. The number of nitrogens with one attached hydrogen (secondary N) is 3. The van der Waals surface area contributed by atoms with Crippen LogP contribution in [0.3, 0.4) is 0 Å². The van der Waals surface area contributed by atoms with Gasteiger partial charge in [0.15, 0.2) is 5.65 Å². The summed E-state index contributed by atoms with van der Waals surface area (Å²) in [6, 6.07) is 0. The molecule has 0 atom stereocenters. The Labute approximate surface area is 65.6 Å². The molecule has 6 heteroatoms. The number of fused-ring (bicyclic) bond motifs is 1. The third-order valence-corrected chi connectivity index (χ3v) is 1.63. The van der Waals surface area contributed by atoms with Crippen LogP contribution in [0.1, 0.15) is 5.69 Å². The highest BCUT2D eigenvalue weighted by atomic mass is 16.2. The first-order chi connectivity index (χ1) is 5.68. The minimum Gasteiger partial charge on any atom is -0.290 e. The Morgan fingerprint density at radius 2 is 2.00 bits per heavy atom. The van der Waals surface area contributed by atoms with Crippen molar-refractivity contribution in [2.75, 3.05) is 0 Å². The normalized spacial score (nSPS) is 10.8. The molecule has 3 N–H and O–H groups in total. The summed E-state index contributed by atoms with van der Waals surface area (Å²) in [5, 5.41) is 6.74. The van der Waals surface area contributed by atoms with Crippen molar-refractivity contribution in [1.29, 1.82) is 0 Å². The Balaban J connectivity index is 3.13. The minimum absolute atomic E-state index is 0.293. The van der Waals surface area contributed by atoms with Gasteiger partial charge >= 0.3 is 5.69 Å². The number of H-pyrrole nitrogens is 3. The summed E-state index contributed by atoms with van der Waals surface area (Å²) in [5.74, 6) is 0. The summed E-state index contributed by atoms with van der Waals surface area (Å²) in [4.78, 5) is 26.4. The molecule has 0 aromatic carbocycles. The van der Waals surface area contributed by atoms with E-state index in [4.69, 9.17) is 0 Å². The van der Waals surface area contributed by atoms with E-state index in [9.17, 15) is 9.59 Å². The van der Waals surface area contributed by atoms with E-state index < -0.39 is 11.2 Å². The van der Waals surface area contributed by atoms with Gasteiger partial charge in [0, 0.05) is 5.69 Å². The second-order valence-electron chi connectivity index (χ2n) is 2.48. The van der Waals surface area contributed by atoms with Crippen molar-refractivity contribution in [3.63, 3.8) is 0 Å². The van der Waals surface area contributed by atoms with Crippen molar-refractivity contribution in [3.05, 3.63) is 26.5 Å². The van der Waals surface area contributed by atoms with Crippen molar-refractivity contribution in [1.82, 2.24) is 20.2 Å². The third kappa shape index (κ3) is 0.777. The predicted octanol–water partition coefficient (Wildman–Crippen LogP) is -0.752. The quantitative estimate of drug-likeness (QED) is 0.480. The van der Waals surface area contributed by atoms with Crippen LogP contribution in [-0.2, 0) is 0 Å². The second-order valence-corrected chi connectivity index (χ2v) is 2.48. The molecule has 0 saturated carbocycles. The van der Waals surface area contributed by atoms with Crippen molar-refractivity contribution in [2.45, 2.75) is 6.92 Å². The summed E-state index contributed by atoms with van der Waals surface area (Å²) in [6.07, 6.45) is 0. The van der Waals surface area contributed by atoms with Gasteiger partial charge in [-0.3, -0.25) is 19.9 Å². The fraction of sp³-hybridized carbons (Fsp3) is 0.167. The van der Waals surface area contributed by atoms with E-state index in [1.807, 2.05) is 0 Å². The van der Waals surface area contributed by atoms with Gasteiger partial charge in [0.1, 0.15) is 5.39 Å². The molecule has 2 aromatic rings. The molecule has 0 aliphatic carbocycles. The van der Waals surface area contributed by atoms with Crippen LogP contribution in [0.15, 0.2) is 9.59 Å². The van der Waals surface area contributed by atoms with E-state index in [0.717, 1.165) is 0 Å². The lowest BCUT2D eigenvalue weighted by atomic mass is 10.3. The lowest BCUT2D eigenvalue weighted by Crippen LogP contribution is -2.21. The predicted molar refractivity (Wildman–Crippen MR) is 42.1 cm³/mol. The molecular formula is C6H6N4O2. The first-order valence-electron chi connectivity index (χ1n) is 3.36. The number of aromatic nitrogens is 4. The molecule has 2 heterocycles. The Morgan fingerprint density at radius 3 is 2.75 bits per heavy atom. The minimum atomic E-state index is -0.543. The molecule has 0 aliphatic heterocycles. The molecular weight excluding hydrogens is 160 g/mol. The highest BCUT2D eigenvalue weighted by Gasteiger charge is 2.05. The molecule has 0 radical (unpaired) electrons. The van der Waals surface area contributed by atoms with E-state index in [1.165, 1.54) is 0 Å². The molecule has 0 bridgehead atoms. The van der Waals surface area contributed by atoms with Crippen LogP contribution in [0.4, 0.5) is 0 Å². The Bertz CT molecular complexity index is 532. The zero-order valence-corrected chi connectivity index (χ0v) is 6.26. The Morgan fingerprint density at radius 1 is 1.25 bits per heavy atom. The SMILES string of the molecule is Cc1[nH]nc2[nH]c(=O)[nH]c(=O)c12. The fourth-order valence-corrected chi connectivity index (χ4v) is 1.10. The molecule has 0 fully saturated rings. The van der Waals surface area contributed by atoms with Gasteiger partial charge in [-0.15, -0.1) is 0 Å². The standard InChI is InChI=1S/C6H6N4O2/c1-2-3-4(10-9-2)7-6(12)8-5(3)11/h1H3,(H3,7,8,9,10,11,12). The monoisotopic (exact) mass is 166 g/mol. The highest BCUT2D eigenvalue weighted by molar-refractivity contribution is 5.75. The van der Waals surface area contributed by atoms with Gasteiger partial charge in [0.25, 0.3) is 5.56 Å². The summed E-state index contributed by atoms with van der Waals surface area (Å²) in [6.45, 7) is 1.71. The van der Waals surface area contributed by atoms with E-state index in [0.29, 0.717) is 16.7 Å². The Hall–Kier alpha value is -1.85. The maximum absolute atomic E-state index is 11.1. The van der Waals surface area contributed by atoms with Gasteiger partial charge in [-0.1, -0.05) is 0 Å². The second kappa shape index (κ2) is 2.07. The third-order valence-electron chi connectivity index (χ3n) is 1.63. The van der Waals surface area contributed by atoms with Gasteiger partial charge in [0.05, 0.1) is 0 Å². The smallest absolute Gasteiger partial charge is 0.290 e. The van der Waals surface area contributed by atoms with Crippen LogP contribution in [-0.4, -0.2) is 20.2 Å². The van der Waals surface area contributed by atoms with Crippen LogP contribution in [0.2, 0.25) is 0 Å². The molecule has 0 saturated heterocycles. The summed E-state index contributed by atoms with van der Waals surface area (Å²) >= 11 is 0. The van der Waals surface area contributed by atoms with Crippen LogP contribution in [0, 0.1) is 6.92 Å². The summed E-state index contributed by atoms with van der Waals surface area (Å²) < 4.78 is 0. The molecule has 12 heavy (non-hydrogen) atoms. The molecule has 2 rings (SSSR count). The lowest BCUT2D eigenvalue weighted by molar-refractivity contribution is 1.03. The number of rotatable bonds is 0. The first-order valence-corrected chi connectivity index (χ1v) is 3.36. The molecule has 0 aliphatic rings. The van der Waals surface area contributed by atoms with Crippen LogP contribution < -0.4 is 11.2 Å². The number of aryl methyl sites for hydroxylation is 1. The van der Waals surface area contributed by atoms with Crippen LogP contribution >= 0.6 is 0 Å². The van der Waals surface area contributed by atoms with Crippen molar-refractivity contribution in [2.24, 2.45) is 0 Å². The van der Waals surface area contributed by atoms with E-state index in [1.54, 1.807) is 6.92 Å². The van der Waals surface area contributed by atoms with Crippen molar-refractivity contribution < 1.29 is 0 Å². The molecule has 0 amide bonds. The van der Waals surface area contributed by atoms with Crippen LogP contribution in [0.25, 0.3) is 11.0 Å². The van der Waals surface area contributed by atoms with Gasteiger partial charge in [-0.2, -0.15) is 5.10 Å². The fourth-order valence-electron chi connectivity index (χ4n) is 1.10. The number of hydrogen-bond acceptors (Lipinski definition) is 3.